The fourth-order valence-electron chi connectivity index (χ4n) is 1.51. The molecule has 2 atom stereocenters. The van der Waals surface area contributed by atoms with Gasteiger partial charge in [0, 0.05) is 10.7 Å². The van der Waals surface area contributed by atoms with Gasteiger partial charge in [-0.25, -0.2) is 13.4 Å². The fourth-order valence-corrected chi connectivity index (χ4v) is 5.52. The normalized spacial score (nSPS) is 28.1. The maximum absolute atomic E-state index is 11.3. The molecule has 16 heavy (non-hydrogen) atoms. The third-order valence-electron chi connectivity index (χ3n) is 2.26. The monoisotopic (exact) mass is 323 g/mol. The number of aliphatic hydroxyl groups is 1. The van der Waals surface area contributed by atoms with E-state index in [0.29, 0.717) is 5.03 Å². The van der Waals surface area contributed by atoms with Gasteiger partial charge in [0.15, 0.2) is 9.84 Å². The number of sulfone groups is 1. The molecule has 0 bridgehead atoms. The van der Waals surface area contributed by atoms with Crippen molar-refractivity contribution in [1.82, 2.24) is 4.98 Å². The maximum atomic E-state index is 11.3. The van der Waals surface area contributed by atoms with Gasteiger partial charge in [0.1, 0.15) is 5.03 Å². The molecular weight excluding hydrogens is 314 g/mol. The molecule has 0 spiro atoms. The summed E-state index contributed by atoms with van der Waals surface area (Å²) < 4.78 is 23.5. The largest absolute Gasteiger partial charge is 0.391 e. The zero-order valence-electron chi connectivity index (χ0n) is 8.21. The summed E-state index contributed by atoms with van der Waals surface area (Å²) in [5, 5.41) is 10.0. The zero-order chi connectivity index (χ0) is 11.8. The average Bonchev–Trinajstić information content (AvgIpc) is 2.44. The number of thioether (sulfide) groups is 1. The van der Waals surface area contributed by atoms with Gasteiger partial charge in [0.25, 0.3) is 0 Å². The molecule has 1 aromatic rings. The van der Waals surface area contributed by atoms with E-state index in [-0.39, 0.29) is 16.8 Å². The van der Waals surface area contributed by atoms with Gasteiger partial charge in [-0.2, -0.15) is 0 Å². The highest BCUT2D eigenvalue weighted by molar-refractivity contribution is 9.10. The number of pyridine rings is 1. The fraction of sp³-hybridized carbons (Fsp3) is 0.444. The van der Waals surface area contributed by atoms with Crippen molar-refractivity contribution in [2.45, 2.75) is 16.4 Å². The molecule has 1 fully saturated rings. The first-order chi connectivity index (χ1) is 7.48. The average molecular weight is 324 g/mol. The van der Waals surface area contributed by atoms with Crippen LogP contribution in [0.5, 0.6) is 0 Å². The molecule has 1 saturated heterocycles. The summed E-state index contributed by atoms with van der Waals surface area (Å²) in [5.41, 5.74) is 0. The van der Waals surface area contributed by atoms with Crippen molar-refractivity contribution in [3.63, 3.8) is 0 Å². The molecule has 1 aliphatic rings. The van der Waals surface area contributed by atoms with Gasteiger partial charge in [-0.05, 0) is 28.1 Å². The number of nitrogens with zero attached hydrogens (tertiary/aromatic N) is 1. The van der Waals surface area contributed by atoms with Crippen LogP contribution in [0.25, 0.3) is 0 Å². The lowest BCUT2D eigenvalue weighted by Gasteiger charge is -2.11. The molecule has 0 amide bonds. The third-order valence-corrected chi connectivity index (χ3v) is 6.42. The van der Waals surface area contributed by atoms with Gasteiger partial charge < -0.3 is 5.11 Å². The predicted molar refractivity (Wildman–Crippen MR) is 66.2 cm³/mol. The van der Waals surface area contributed by atoms with Crippen LogP contribution in [-0.4, -0.2) is 41.4 Å². The second-order valence-corrected chi connectivity index (χ2v) is 7.83. The van der Waals surface area contributed by atoms with Gasteiger partial charge in [0.05, 0.1) is 22.9 Å². The minimum Gasteiger partial charge on any atom is -0.391 e. The molecule has 2 heterocycles. The lowest BCUT2D eigenvalue weighted by Crippen LogP contribution is -2.20. The molecule has 4 nitrogen and oxygen atoms in total. The number of rotatable bonds is 2. The second-order valence-electron chi connectivity index (χ2n) is 3.59. The van der Waals surface area contributed by atoms with Crippen molar-refractivity contribution >= 4 is 37.5 Å². The summed E-state index contributed by atoms with van der Waals surface area (Å²) in [5.74, 6) is -0.128. The molecule has 1 aliphatic heterocycles. The Kier molecular flexibility index (Phi) is 3.58. The highest BCUT2D eigenvalue weighted by atomic mass is 79.9. The molecule has 88 valence electrons. The second kappa shape index (κ2) is 4.64. The Labute approximate surface area is 107 Å². The zero-order valence-corrected chi connectivity index (χ0v) is 11.4. The molecule has 2 rings (SSSR count). The molecule has 0 aromatic carbocycles. The van der Waals surface area contributed by atoms with E-state index < -0.39 is 15.9 Å². The van der Waals surface area contributed by atoms with Crippen molar-refractivity contribution < 1.29 is 13.5 Å². The SMILES string of the molecule is O=S1(=O)CC(O)C(Sc2ncccc2Br)C1. The molecule has 1 N–H and O–H groups in total. The van der Waals surface area contributed by atoms with Crippen LogP contribution in [-0.2, 0) is 9.84 Å². The molecular formula is C9H10BrNO3S2. The summed E-state index contributed by atoms with van der Waals surface area (Å²) in [6, 6.07) is 3.63. The Hall–Kier alpha value is -0.110. The van der Waals surface area contributed by atoms with Gasteiger partial charge in [-0.15, -0.1) is 0 Å². The summed E-state index contributed by atoms with van der Waals surface area (Å²) in [6.07, 6.45) is 0.840. The van der Waals surface area contributed by atoms with Crippen LogP contribution in [0.15, 0.2) is 27.8 Å². The van der Waals surface area contributed by atoms with Gasteiger partial charge in [0.2, 0.25) is 0 Å². The molecule has 0 radical (unpaired) electrons. The minimum atomic E-state index is -3.09. The quantitative estimate of drug-likeness (QED) is 0.882. The molecule has 1 aromatic heterocycles. The van der Waals surface area contributed by atoms with Crippen LogP contribution in [0.2, 0.25) is 0 Å². The summed E-state index contributed by atoms with van der Waals surface area (Å²) in [4.78, 5) is 4.13. The summed E-state index contributed by atoms with van der Waals surface area (Å²) in [7, 11) is -3.09. The molecule has 0 aliphatic carbocycles. The van der Waals surface area contributed by atoms with E-state index in [1.807, 2.05) is 6.07 Å². The minimum absolute atomic E-state index is 0.0157. The highest BCUT2D eigenvalue weighted by Crippen LogP contribution is 2.33. The van der Waals surface area contributed by atoms with Crippen LogP contribution in [0.3, 0.4) is 0 Å². The third kappa shape index (κ3) is 2.77. The Balaban J connectivity index is 2.15. The van der Waals surface area contributed by atoms with E-state index in [0.717, 1.165) is 4.47 Å². The standard InChI is InChI=1S/C9H10BrNO3S2/c10-6-2-1-3-11-9(6)15-8-5-16(13,14)4-7(8)12/h1-3,7-8,12H,4-5H2. The lowest BCUT2D eigenvalue weighted by atomic mass is 10.3. The Morgan fingerprint density at radius 1 is 1.50 bits per heavy atom. The van der Waals surface area contributed by atoms with Crippen LogP contribution in [0, 0.1) is 0 Å². The van der Waals surface area contributed by atoms with Crippen LogP contribution < -0.4 is 0 Å². The van der Waals surface area contributed by atoms with Gasteiger partial charge in [-0.1, -0.05) is 11.8 Å². The van der Waals surface area contributed by atoms with Gasteiger partial charge in [-0.3, -0.25) is 0 Å². The highest BCUT2D eigenvalue weighted by Gasteiger charge is 2.37. The number of aliphatic hydroxyl groups excluding tert-OH is 1. The van der Waals surface area contributed by atoms with Crippen molar-refractivity contribution in [3.8, 4) is 0 Å². The number of hydrogen-bond acceptors (Lipinski definition) is 5. The van der Waals surface area contributed by atoms with Crippen molar-refractivity contribution in [2.75, 3.05) is 11.5 Å². The number of halogens is 1. The smallest absolute Gasteiger partial charge is 0.154 e. The Morgan fingerprint density at radius 3 is 2.81 bits per heavy atom. The Bertz CT molecular complexity index is 491. The van der Waals surface area contributed by atoms with Crippen LogP contribution in [0.4, 0.5) is 0 Å². The Morgan fingerprint density at radius 2 is 2.25 bits per heavy atom. The van der Waals surface area contributed by atoms with Crippen molar-refractivity contribution in [3.05, 3.63) is 22.8 Å². The molecule has 2 unspecified atom stereocenters. The first-order valence-electron chi connectivity index (χ1n) is 4.63. The van der Waals surface area contributed by atoms with Crippen LogP contribution in [0.1, 0.15) is 0 Å². The van der Waals surface area contributed by atoms with E-state index >= 15 is 0 Å². The lowest BCUT2D eigenvalue weighted by molar-refractivity contribution is 0.207. The first kappa shape index (κ1) is 12.3. The molecule has 0 saturated carbocycles. The van der Waals surface area contributed by atoms with Gasteiger partial charge >= 0.3 is 0 Å². The topological polar surface area (TPSA) is 67.3 Å². The maximum Gasteiger partial charge on any atom is 0.154 e. The van der Waals surface area contributed by atoms with Crippen LogP contribution >= 0.6 is 27.7 Å². The van der Waals surface area contributed by atoms with E-state index in [1.165, 1.54) is 11.8 Å². The summed E-state index contributed by atoms with van der Waals surface area (Å²) >= 11 is 4.64. The predicted octanol–water partition coefficient (Wildman–Crippen LogP) is 1.09. The first-order valence-corrected chi connectivity index (χ1v) is 8.13. The van der Waals surface area contributed by atoms with E-state index in [4.69, 9.17) is 0 Å². The van der Waals surface area contributed by atoms with E-state index in [9.17, 15) is 13.5 Å². The van der Waals surface area contributed by atoms with Crippen molar-refractivity contribution in [2.24, 2.45) is 0 Å². The number of hydrogen-bond donors (Lipinski definition) is 1. The summed E-state index contributed by atoms with van der Waals surface area (Å²) in [6.45, 7) is 0. The van der Waals surface area contributed by atoms with E-state index in [1.54, 1.807) is 12.3 Å². The van der Waals surface area contributed by atoms with E-state index in [2.05, 4.69) is 20.9 Å². The molecule has 7 heteroatoms. The van der Waals surface area contributed by atoms with Crippen molar-refractivity contribution in [1.29, 1.82) is 0 Å². The number of aromatic nitrogens is 1.